The average Bonchev–Trinajstić information content (AvgIpc) is 3.28. The van der Waals surface area contributed by atoms with E-state index in [2.05, 4.69) is 34.1 Å². The van der Waals surface area contributed by atoms with Crippen molar-refractivity contribution in [3.63, 3.8) is 0 Å². The summed E-state index contributed by atoms with van der Waals surface area (Å²) >= 11 is 0. The van der Waals surface area contributed by atoms with Crippen LogP contribution in [0.4, 0.5) is 5.69 Å². The molecular formula is C23H34N2O5. The number of benzene rings is 1. The monoisotopic (exact) mass is 418 g/mol. The molecule has 0 amide bonds. The fraction of sp³-hybridized carbons (Fsp3) is 0.565. The molecular weight excluding hydrogens is 384 g/mol. The summed E-state index contributed by atoms with van der Waals surface area (Å²) in [5.41, 5.74) is 2.89. The number of β-amino-alcohol motifs (C(OH)–C–C–N with tert-alkyl or cyclic N) is 1. The van der Waals surface area contributed by atoms with E-state index in [4.69, 9.17) is 10.2 Å². The second-order valence-corrected chi connectivity index (χ2v) is 7.93. The SMILES string of the molecule is CCC(O)CN1CCN(c2ccc(C3CCCC3)cc2)CC1.O=C(O)/C=C\C(=O)O. The van der Waals surface area contributed by atoms with Crippen molar-refractivity contribution < 1.29 is 24.9 Å². The summed E-state index contributed by atoms with van der Waals surface area (Å²) in [4.78, 5) is 24.0. The summed E-state index contributed by atoms with van der Waals surface area (Å²) in [6.07, 6.45) is 7.34. The molecule has 1 atom stereocenters. The molecule has 1 aromatic carbocycles. The van der Waals surface area contributed by atoms with Crippen LogP contribution in [0.25, 0.3) is 0 Å². The number of piperazine rings is 1. The lowest BCUT2D eigenvalue weighted by atomic mass is 9.97. The molecule has 0 spiro atoms. The fourth-order valence-electron chi connectivity index (χ4n) is 3.97. The largest absolute Gasteiger partial charge is 0.478 e. The molecule has 7 heteroatoms. The highest BCUT2D eigenvalue weighted by Gasteiger charge is 2.20. The standard InChI is InChI=1S/C19H30N2O.C4H4O4/c1-2-19(22)15-20-11-13-21(14-12-20)18-9-7-17(8-10-18)16-5-3-4-6-16;5-3(6)1-2-4(7)8/h7-10,16,19,22H,2-6,11-15H2,1H3;1-2H,(H,5,6)(H,7,8)/b;2-1-. The second kappa shape index (κ2) is 12.3. The molecule has 166 valence electrons. The number of hydrogen-bond donors (Lipinski definition) is 3. The number of aliphatic hydroxyl groups excluding tert-OH is 1. The van der Waals surface area contributed by atoms with Gasteiger partial charge in [0.1, 0.15) is 0 Å². The number of aliphatic carboxylic acids is 2. The number of rotatable bonds is 7. The van der Waals surface area contributed by atoms with Crippen molar-refractivity contribution in [2.24, 2.45) is 0 Å². The lowest BCUT2D eigenvalue weighted by Crippen LogP contribution is -2.48. The summed E-state index contributed by atoms with van der Waals surface area (Å²) in [5, 5.41) is 25.4. The van der Waals surface area contributed by atoms with Gasteiger partial charge in [-0.2, -0.15) is 0 Å². The smallest absolute Gasteiger partial charge is 0.328 e. The van der Waals surface area contributed by atoms with E-state index < -0.39 is 11.9 Å². The Labute approximate surface area is 178 Å². The highest BCUT2D eigenvalue weighted by Crippen LogP contribution is 2.34. The van der Waals surface area contributed by atoms with Crippen LogP contribution in [0, 0.1) is 0 Å². The first kappa shape index (κ1) is 23.9. The van der Waals surface area contributed by atoms with E-state index in [0.29, 0.717) is 12.2 Å². The first-order valence-electron chi connectivity index (χ1n) is 10.8. The maximum atomic E-state index is 9.77. The number of nitrogens with zero attached hydrogens (tertiary/aromatic N) is 2. The molecule has 0 radical (unpaired) electrons. The van der Waals surface area contributed by atoms with Crippen LogP contribution in [-0.2, 0) is 9.59 Å². The van der Waals surface area contributed by atoms with Crippen LogP contribution >= 0.6 is 0 Å². The Morgan fingerprint density at radius 2 is 1.53 bits per heavy atom. The van der Waals surface area contributed by atoms with Gasteiger partial charge < -0.3 is 20.2 Å². The van der Waals surface area contributed by atoms with Gasteiger partial charge in [0.25, 0.3) is 0 Å². The molecule has 1 aliphatic heterocycles. The molecule has 2 aliphatic rings. The Balaban J connectivity index is 0.000000343. The zero-order chi connectivity index (χ0) is 21.9. The Kier molecular flexibility index (Phi) is 9.83. The van der Waals surface area contributed by atoms with Crippen molar-refractivity contribution in [3.8, 4) is 0 Å². The number of carbonyl (C=O) groups is 2. The zero-order valence-electron chi connectivity index (χ0n) is 17.7. The number of carboxylic acids is 2. The number of carboxylic acid groups (broad SMARTS) is 2. The molecule has 1 heterocycles. The molecule has 1 aliphatic carbocycles. The Hall–Kier alpha value is -2.38. The lowest BCUT2D eigenvalue weighted by molar-refractivity contribution is -0.134. The minimum Gasteiger partial charge on any atom is -0.478 e. The van der Waals surface area contributed by atoms with Gasteiger partial charge in [0, 0.05) is 50.6 Å². The molecule has 3 rings (SSSR count). The molecule has 30 heavy (non-hydrogen) atoms. The zero-order valence-corrected chi connectivity index (χ0v) is 17.7. The summed E-state index contributed by atoms with van der Waals surface area (Å²) in [7, 11) is 0. The molecule has 2 fully saturated rings. The third-order valence-corrected chi connectivity index (χ3v) is 5.77. The van der Waals surface area contributed by atoms with E-state index in [9.17, 15) is 14.7 Å². The van der Waals surface area contributed by atoms with Gasteiger partial charge in [0.15, 0.2) is 0 Å². The number of hydrogen-bond acceptors (Lipinski definition) is 5. The van der Waals surface area contributed by atoms with E-state index >= 15 is 0 Å². The minimum absolute atomic E-state index is 0.169. The van der Waals surface area contributed by atoms with Crippen LogP contribution < -0.4 is 4.90 Å². The van der Waals surface area contributed by atoms with Gasteiger partial charge >= 0.3 is 11.9 Å². The molecule has 1 aromatic rings. The van der Waals surface area contributed by atoms with Crippen LogP contribution in [0.2, 0.25) is 0 Å². The van der Waals surface area contributed by atoms with Crippen molar-refractivity contribution in [2.45, 2.75) is 51.0 Å². The third kappa shape index (κ3) is 8.16. The topological polar surface area (TPSA) is 101 Å². The highest BCUT2D eigenvalue weighted by atomic mass is 16.4. The van der Waals surface area contributed by atoms with Crippen LogP contribution in [-0.4, -0.2) is 71.0 Å². The second-order valence-electron chi connectivity index (χ2n) is 7.93. The van der Waals surface area contributed by atoms with E-state index in [1.54, 1.807) is 0 Å². The first-order valence-corrected chi connectivity index (χ1v) is 10.8. The van der Waals surface area contributed by atoms with Gasteiger partial charge in [0.05, 0.1) is 6.10 Å². The summed E-state index contributed by atoms with van der Waals surface area (Å²) in [6.45, 7) is 7.12. The quantitative estimate of drug-likeness (QED) is 0.585. The molecule has 1 saturated carbocycles. The predicted octanol–water partition coefficient (Wildman–Crippen LogP) is 2.95. The van der Waals surface area contributed by atoms with Gasteiger partial charge in [-0.15, -0.1) is 0 Å². The predicted molar refractivity (Wildman–Crippen MR) is 117 cm³/mol. The van der Waals surface area contributed by atoms with Crippen molar-refractivity contribution in [3.05, 3.63) is 42.0 Å². The van der Waals surface area contributed by atoms with E-state index in [1.165, 1.54) is 36.9 Å². The minimum atomic E-state index is -1.26. The Morgan fingerprint density at radius 3 is 2.00 bits per heavy atom. The van der Waals surface area contributed by atoms with E-state index in [0.717, 1.165) is 45.1 Å². The molecule has 0 aromatic heterocycles. The number of anilines is 1. The first-order chi connectivity index (χ1) is 14.4. The average molecular weight is 419 g/mol. The lowest BCUT2D eigenvalue weighted by Gasteiger charge is -2.37. The molecule has 7 nitrogen and oxygen atoms in total. The van der Waals surface area contributed by atoms with Crippen molar-refractivity contribution in [1.82, 2.24) is 4.90 Å². The van der Waals surface area contributed by atoms with E-state index in [-0.39, 0.29) is 6.10 Å². The molecule has 0 bridgehead atoms. The van der Waals surface area contributed by atoms with Gasteiger partial charge in [0.2, 0.25) is 0 Å². The van der Waals surface area contributed by atoms with Crippen LogP contribution in [0.5, 0.6) is 0 Å². The Morgan fingerprint density at radius 1 is 1.00 bits per heavy atom. The van der Waals surface area contributed by atoms with Crippen molar-refractivity contribution >= 4 is 17.6 Å². The van der Waals surface area contributed by atoms with Gasteiger partial charge in [-0.05, 0) is 42.9 Å². The van der Waals surface area contributed by atoms with Gasteiger partial charge in [-0.3, -0.25) is 4.90 Å². The van der Waals surface area contributed by atoms with Crippen molar-refractivity contribution in [2.75, 3.05) is 37.6 Å². The normalized spacial score (nSPS) is 18.8. The maximum absolute atomic E-state index is 9.77. The molecule has 1 saturated heterocycles. The maximum Gasteiger partial charge on any atom is 0.328 e. The molecule has 1 unspecified atom stereocenters. The van der Waals surface area contributed by atoms with Gasteiger partial charge in [-0.25, -0.2) is 9.59 Å². The summed E-state index contributed by atoms with van der Waals surface area (Å²) in [5.74, 6) is -1.71. The van der Waals surface area contributed by atoms with Crippen LogP contribution in [0.3, 0.4) is 0 Å². The third-order valence-electron chi connectivity index (χ3n) is 5.77. The van der Waals surface area contributed by atoms with Gasteiger partial charge in [-0.1, -0.05) is 31.9 Å². The van der Waals surface area contributed by atoms with E-state index in [1.807, 2.05) is 6.92 Å². The number of aliphatic hydroxyl groups is 1. The summed E-state index contributed by atoms with van der Waals surface area (Å²) < 4.78 is 0. The summed E-state index contributed by atoms with van der Waals surface area (Å²) in [6, 6.07) is 9.31. The molecule has 3 N–H and O–H groups in total. The fourth-order valence-corrected chi connectivity index (χ4v) is 3.97. The van der Waals surface area contributed by atoms with Crippen molar-refractivity contribution in [1.29, 1.82) is 0 Å². The highest BCUT2D eigenvalue weighted by molar-refractivity contribution is 5.89. The van der Waals surface area contributed by atoms with Crippen LogP contribution in [0.15, 0.2) is 36.4 Å². The Bertz CT molecular complexity index is 674. The van der Waals surface area contributed by atoms with Crippen LogP contribution in [0.1, 0.15) is 50.5 Å².